The maximum Gasteiger partial charge on any atom is 0.233 e. The first-order valence-corrected chi connectivity index (χ1v) is 10.5. The second-order valence-corrected chi connectivity index (χ2v) is 8.28. The van der Waals surface area contributed by atoms with Crippen molar-refractivity contribution in [2.75, 3.05) is 7.11 Å². The highest BCUT2D eigenvalue weighted by Crippen LogP contribution is 2.41. The number of carbonyl (C=O) groups is 1. The molecule has 8 heteroatoms. The summed E-state index contributed by atoms with van der Waals surface area (Å²) in [7, 11) is 1.64. The molecule has 29 heavy (non-hydrogen) atoms. The van der Waals surface area contributed by atoms with Gasteiger partial charge in [0, 0.05) is 30.5 Å². The van der Waals surface area contributed by atoms with Crippen LogP contribution in [-0.2, 0) is 11.3 Å². The topological polar surface area (TPSA) is 81.9 Å². The molecule has 1 aliphatic carbocycles. The van der Waals surface area contributed by atoms with Crippen LogP contribution in [0.5, 0.6) is 5.75 Å². The number of hydrogen-bond acceptors (Lipinski definition) is 6. The molecule has 1 fully saturated rings. The van der Waals surface area contributed by atoms with Gasteiger partial charge in [0.1, 0.15) is 5.75 Å². The molecule has 1 amide bonds. The normalized spacial score (nSPS) is 14.4. The zero-order valence-electron chi connectivity index (χ0n) is 16.4. The Morgan fingerprint density at radius 2 is 1.93 bits per heavy atom. The van der Waals surface area contributed by atoms with Gasteiger partial charge in [-0.15, -0.1) is 10.2 Å². The van der Waals surface area contributed by atoms with Crippen LogP contribution in [0.15, 0.2) is 53.9 Å². The number of nitrogens with zero attached hydrogens (tertiary/aromatic N) is 4. The number of thioether (sulfide) groups is 1. The first-order valence-electron chi connectivity index (χ1n) is 9.58. The highest BCUT2D eigenvalue weighted by Gasteiger charge is 2.31. The summed E-state index contributed by atoms with van der Waals surface area (Å²) >= 11 is 1.45. The van der Waals surface area contributed by atoms with Gasteiger partial charge in [-0.3, -0.25) is 14.3 Å². The van der Waals surface area contributed by atoms with Gasteiger partial charge in [-0.2, -0.15) is 0 Å². The molecule has 2 heterocycles. The molecule has 1 aliphatic rings. The summed E-state index contributed by atoms with van der Waals surface area (Å²) in [6.07, 6.45) is 5.73. The Hall–Kier alpha value is -2.87. The predicted octanol–water partition coefficient (Wildman–Crippen LogP) is 3.48. The van der Waals surface area contributed by atoms with Crippen LogP contribution in [0.1, 0.15) is 31.4 Å². The monoisotopic (exact) mass is 409 g/mol. The number of aromatic nitrogens is 4. The molecule has 0 radical (unpaired) electrons. The van der Waals surface area contributed by atoms with Crippen LogP contribution < -0.4 is 10.1 Å². The summed E-state index contributed by atoms with van der Waals surface area (Å²) in [6.45, 7) is 2.37. The van der Waals surface area contributed by atoms with Gasteiger partial charge in [0.05, 0.1) is 12.4 Å². The molecule has 1 atom stereocenters. The molecule has 0 spiro atoms. The number of rotatable bonds is 8. The maximum atomic E-state index is 12.6. The van der Waals surface area contributed by atoms with E-state index in [4.69, 9.17) is 4.74 Å². The number of methoxy groups -OCH3 is 1. The number of ether oxygens (including phenoxy) is 1. The van der Waals surface area contributed by atoms with Crippen molar-refractivity contribution in [2.24, 2.45) is 0 Å². The van der Waals surface area contributed by atoms with Gasteiger partial charge in [-0.1, -0.05) is 23.9 Å². The molecule has 3 aromatic rings. The lowest BCUT2D eigenvalue weighted by Gasteiger charge is -2.13. The minimum absolute atomic E-state index is 0.0263. The molecule has 0 saturated heterocycles. The minimum Gasteiger partial charge on any atom is -0.497 e. The van der Waals surface area contributed by atoms with Gasteiger partial charge < -0.3 is 10.1 Å². The van der Waals surface area contributed by atoms with Gasteiger partial charge in [-0.05, 0) is 49.6 Å². The van der Waals surface area contributed by atoms with Crippen LogP contribution in [0.25, 0.3) is 11.4 Å². The Bertz CT molecular complexity index is 970. The molecular formula is C21H23N5O2S. The fourth-order valence-electron chi connectivity index (χ4n) is 3.01. The number of nitrogens with one attached hydrogen (secondary N) is 1. The SMILES string of the molecule is COc1ccc(CNC(=O)[C@@H](C)Sc2nnc(-c3ccncc3)n2C2CC2)cc1. The minimum atomic E-state index is -0.278. The highest BCUT2D eigenvalue weighted by molar-refractivity contribution is 8.00. The van der Waals surface area contributed by atoms with Crippen molar-refractivity contribution < 1.29 is 9.53 Å². The summed E-state index contributed by atoms with van der Waals surface area (Å²) in [5.41, 5.74) is 2.01. The first-order chi connectivity index (χ1) is 14.2. The highest BCUT2D eigenvalue weighted by atomic mass is 32.2. The Balaban J connectivity index is 1.42. The molecule has 1 aromatic carbocycles. The van der Waals surface area contributed by atoms with Crippen LogP contribution in [0.4, 0.5) is 0 Å². The molecule has 4 rings (SSSR count). The van der Waals surface area contributed by atoms with Crippen LogP contribution >= 0.6 is 11.8 Å². The van der Waals surface area contributed by atoms with E-state index in [1.54, 1.807) is 19.5 Å². The average Bonchev–Trinajstić information content (AvgIpc) is 3.52. The average molecular weight is 410 g/mol. The molecule has 0 aliphatic heterocycles. The molecule has 7 nitrogen and oxygen atoms in total. The largest absolute Gasteiger partial charge is 0.497 e. The fourth-order valence-corrected chi connectivity index (χ4v) is 3.95. The molecule has 150 valence electrons. The summed E-state index contributed by atoms with van der Waals surface area (Å²) in [5.74, 6) is 1.61. The molecule has 0 bridgehead atoms. The summed E-state index contributed by atoms with van der Waals surface area (Å²) in [5, 5.41) is 12.3. The smallest absolute Gasteiger partial charge is 0.233 e. The van der Waals surface area contributed by atoms with E-state index < -0.39 is 0 Å². The second-order valence-electron chi connectivity index (χ2n) is 6.97. The van der Waals surface area contributed by atoms with Crippen LogP contribution in [0, 0.1) is 0 Å². The van der Waals surface area contributed by atoms with E-state index in [9.17, 15) is 4.79 Å². The molecule has 2 aromatic heterocycles. The van der Waals surface area contributed by atoms with Crippen molar-refractivity contribution in [2.45, 2.75) is 42.8 Å². The van der Waals surface area contributed by atoms with E-state index in [2.05, 4.69) is 25.1 Å². The number of pyridine rings is 1. The van der Waals surface area contributed by atoms with Crippen LogP contribution in [0.2, 0.25) is 0 Å². The number of amides is 1. The van der Waals surface area contributed by atoms with E-state index in [0.29, 0.717) is 12.6 Å². The van der Waals surface area contributed by atoms with Gasteiger partial charge in [0.25, 0.3) is 0 Å². The Morgan fingerprint density at radius 3 is 2.59 bits per heavy atom. The van der Waals surface area contributed by atoms with E-state index >= 15 is 0 Å². The summed E-state index contributed by atoms with van der Waals surface area (Å²) < 4.78 is 7.32. The lowest BCUT2D eigenvalue weighted by atomic mass is 10.2. The zero-order chi connectivity index (χ0) is 20.2. The Morgan fingerprint density at radius 1 is 1.21 bits per heavy atom. The van der Waals surface area contributed by atoms with Gasteiger partial charge in [0.2, 0.25) is 5.91 Å². The van der Waals surface area contributed by atoms with Gasteiger partial charge >= 0.3 is 0 Å². The van der Waals surface area contributed by atoms with E-state index in [1.165, 1.54) is 11.8 Å². The van der Waals surface area contributed by atoms with Crippen molar-refractivity contribution in [3.05, 3.63) is 54.4 Å². The number of hydrogen-bond donors (Lipinski definition) is 1. The third kappa shape index (κ3) is 4.59. The summed E-state index contributed by atoms with van der Waals surface area (Å²) in [4.78, 5) is 16.7. The standard InChI is InChI=1S/C21H23N5O2S/c1-14(20(27)23-13-15-3-7-18(28-2)8-4-15)29-21-25-24-19(26(21)17-5-6-17)16-9-11-22-12-10-16/h3-4,7-12,14,17H,5-6,13H2,1-2H3,(H,23,27)/t14-/m1/s1. The molecular weight excluding hydrogens is 386 g/mol. The maximum absolute atomic E-state index is 12.6. The number of carbonyl (C=O) groups excluding carboxylic acids is 1. The zero-order valence-corrected chi connectivity index (χ0v) is 17.2. The van der Waals surface area contributed by atoms with Crippen molar-refractivity contribution in [1.82, 2.24) is 25.1 Å². The molecule has 0 unspecified atom stereocenters. The first kappa shape index (κ1) is 19.4. The Labute approximate surface area is 173 Å². The second kappa shape index (κ2) is 8.65. The van der Waals surface area contributed by atoms with Crippen LogP contribution in [-0.4, -0.2) is 38.0 Å². The van der Waals surface area contributed by atoms with E-state index in [1.807, 2.05) is 43.3 Å². The Kier molecular flexibility index (Phi) is 5.80. The van der Waals surface area contributed by atoms with E-state index in [-0.39, 0.29) is 11.2 Å². The molecule has 1 saturated carbocycles. The third-order valence-corrected chi connectivity index (χ3v) is 5.85. The fraction of sp³-hybridized carbons (Fsp3) is 0.333. The van der Waals surface area contributed by atoms with Gasteiger partial charge in [0.15, 0.2) is 11.0 Å². The van der Waals surface area contributed by atoms with E-state index in [0.717, 1.165) is 40.7 Å². The van der Waals surface area contributed by atoms with Crippen molar-refractivity contribution in [3.63, 3.8) is 0 Å². The molecule has 1 N–H and O–H groups in total. The van der Waals surface area contributed by atoms with Crippen molar-refractivity contribution in [3.8, 4) is 17.1 Å². The quantitative estimate of drug-likeness (QED) is 0.574. The third-order valence-electron chi connectivity index (χ3n) is 4.79. The van der Waals surface area contributed by atoms with Crippen LogP contribution in [0.3, 0.4) is 0 Å². The predicted molar refractivity (Wildman–Crippen MR) is 112 cm³/mol. The van der Waals surface area contributed by atoms with Crippen molar-refractivity contribution in [1.29, 1.82) is 0 Å². The lowest BCUT2D eigenvalue weighted by molar-refractivity contribution is -0.120. The van der Waals surface area contributed by atoms with Crippen molar-refractivity contribution >= 4 is 17.7 Å². The number of benzene rings is 1. The summed E-state index contributed by atoms with van der Waals surface area (Å²) in [6, 6.07) is 11.9. The van der Waals surface area contributed by atoms with Gasteiger partial charge in [-0.25, -0.2) is 0 Å². The lowest BCUT2D eigenvalue weighted by Crippen LogP contribution is -2.30.